The van der Waals surface area contributed by atoms with Crippen molar-refractivity contribution in [3.63, 3.8) is 0 Å². The Balaban J connectivity index is 2.77. The molecule has 0 heteroatoms. The predicted molar refractivity (Wildman–Crippen MR) is 62.9 cm³/mol. The second-order valence-corrected chi connectivity index (χ2v) is 4.73. The molecule has 14 heavy (non-hydrogen) atoms. The molecule has 1 fully saturated rings. The summed E-state index contributed by atoms with van der Waals surface area (Å²) in [6.07, 6.45) is 11.4. The molecular weight excluding hydrogens is 168 g/mol. The van der Waals surface area contributed by atoms with Gasteiger partial charge >= 0.3 is 0 Å². The van der Waals surface area contributed by atoms with E-state index in [0.29, 0.717) is 5.92 Å². The van der Waals surface area contributed by atoms with Gasteiger partial charge in [0.1, 0.15) is 0 Å². The third-order valence-corrected chi connectivity index (χ3v) is 3.70. The summed E-state index contributed by atoms with van der Waals surface area (Å²) in [5.74, 6) is 3.38. The van der Waals surface area contributed by atoms with Crippen molar-refractivity contribution in [2.24, 2.45) is 11.3 Å². The molecule has 0 aromatic rings. The smallest absolute Gasteiger partial charge is 0.000504 e. The Hall–Kier alpha value is -0.960. The van der Waals surface area contributed by atoms with Gasteiger partial charge in [0.2, 0.25) is 0 Å². The van der Waals surface area contributed by atoms with Gasteiger partial charge < -0.3 is 0 Å². The molecule has 0 aromatic carbocycles. The van der Waals surface area contributed by atoms with Crippen molar-refractivity contribution >= 4 is 0 Å². The van der Waals surface area contributed by atoms with E-state index in [1.807, 2.05) is 0 Å². The number of terminal acetylenes is 1. The Morgan fingerprint density at radius 1 is 1.64 bits per heavy atom. The Bertz CT molecular complexity index is 296. The minimum atomic E-state index is 0.0967. The lowest BCUT2D eigenvalue weighted by Crippen LogP contribution is -2.23. The molecule has 0 amide bonds. The Morgan fingerprint density at radius 3 is 2.71 bits per heavy atom. The maximum atomic E-state index is 5.43. The molecule has 0 radical (unpaired) electrons. The first-order valence-corrected chi connectivity index (χ1v) is 5.32. The van der Waals surface area contributed by atoms with E-state index in [2.05, 4.69) is 39.3 Å². The van der Waals surface area contributed by atoms with Crippen LogP contribution in [0.25, 0.3) is 0 Å². The molecule has 0 aliphatic heterocycles. The number of hydrogen-bond acceptors (Lipinski definition) is 0. The summed E-state index contributed by atoms with van der Waals surface area (Å²) in [7, 11) is 0. The molecule has 1 aliphatic carbocycles. The van der Waals surface area contributed by atoms with Crippen molar-refractivity contribution in [3.05, 3.63) is 23.8 Å². The Labute approximate surface area is 88.1 Å². The van der Waals surface area contributed by atoms with Crippen molar-refractivity contribution in [3.8, 4) is 12.3 Å². The highest BCUT2D eigenvalue weighted by atomic mass is 14.4. The summed E-state index contributed by atoms with van der Waals surface area (Å²) in [4.78, 5) is 0. The molecule has 0 unspecified atom stereocenters. The summed E-state index contributed by atoms with van der Waals surface area (Å²) >= 11 is 0. The number of rotatable bonds is 2. The summed E-state index contributed by atoms with van der Waals surface area (Å²) in [6.45, 7) is 10.6. The first kappa shape index (κ1) is 11.1. The summed E-state index contributed by atoms with van der Waals surface area (Å²) in [6, 6.07) is 0. The van der Waals surface area contributed by atoms with Gasteiger partial charge in [0.05, 0.1) is 0 Å². The zero-order valence-corrected chi connectivity index (χ0v) is 9.56. The molecule has 0 bridgehead atoms. The molecule has 0 aromatic heterocycles. The van der Waals surface area contributed by atoms with Crippen LogP contribution in [0.2, 0.25) is 0 Å². The maximum absolute atomic E-state index is 5.43. The van der Waals surface area contributed by atoms with Crippen LogP contribution in [-0.4, -0.2) is 0 Å². The van der Waals surface area contributed by atoms with Gasteiger partial charge in [-0.1, -0.05) is 38.0 Å². The molecule has 76 valence electrons. The lowest BCUT2D eigenvalue weighted by molar-refractivity contribution is 0.282. The van der Waals surface area contributed by atoms with E-state index in [1.165, 1.54) is 19.3 Å². The van der Waals surface area contributed by atoms with Gasteiger partial charge in [-0.05, 0) is 32.1 Å². The fraction of sp³-hybridized carbons (Fsp3) is 0.571. The van der Waals surface area contributed by atoms with Crippen molar-refractivity contribution in [1.82, 2.24) is 0 Å². The molecule has 0 N–H and O–H groups in total. The Kier molecular flexibility index (Phi) is 3.21. The van der Waals surface area contributed by atoms with Gasteiger partial charge in [0, 0.05) is 11.0 Å². The van der Waals surface area contributed by atoms with Crippen LogP contribution in [0.15, 0.2) is 23.8 Å². The van der Waals surface area contributed by atoms with Crippen molar-refractivity contribution < 1.29 is 0 Å². The van der Waals surface area contributed by atoms with Gasteiger partial charge in [-0.3, -0.25) is 0 Å². The average Bonchev–Trinajstić information content (AvgIpc) is 2.65. The normalized spacial score (nSPS) is 25.0. The quantitative estimate of drug-likeness (QED) is 0.454. The molecule has 0 saturated heterocycles. The van der Waals surface area contributed by atoms with Crippen LogP contribution in [0.4, 0.5) is 0 Å². The van der Waals surface area contributed by atoms with Gasteiger partial charge in [0.25, 0.3) is 0 Å². The third kappa shape index (κ3) is 1.93. The fourth-order valence-corrected chi connectivity index (χ4v) is 2.19. The minimum Gasteiger partial charge on any atom is -0.115 e. The van der Waals surface area contributed by atoms with Gasteiger partial charge in [-0.15, -0.1) is 6.42 Å². The standard InChI is InChI=1S/C14H20/c1-6-11(3)14(4,5)13-9-8-12(7-2)10-13/h1,7,13H,3,8-10H2,2,4-5H3/t13-/m1/s1. The first-order valence-electron chi connectivity index (χ1n) is 5.32. The van der Waals surface area contributed by atoms with Crippen LogP contribution >= 0.6 is 0 Å². The van der Waals surface area contributed by atoms with E-state index in [1.54, 1.807) is 5.57 Å². The highest BCUT2D eigenvalue weighted by Crippen LogP contribution is 2.45. The second-order valence-electron chi connectivity index (χ2n) is 4.73. The first-order chi connectivity index (χ1) is 6.52. The lowest BCUT2D eigenvalue weighted by Gasteiger charge is -2.31. The predicted octanol–water partition coefficient (Wildman–Crippen LogP) is 3.95. The van der Waals surface area contributed by atoms with Crippen LogP contribution in [-0.2, 0) is 0 Å². The Morgan fingerprint density at radius 2 is 2.29 bits per heavy atom. The highest BCUT2D eigenvalue weighted by Gasteiger charge is 2.34. The van der Waals surface area contributed by atoms with Gasteiger partial charge in [-0.25, -0.2) is 0 Å². The van der Waals surface area contributed by atoms with Crippen LogP contribution in [0.1, 0.15) is 40.0 Å². The zero-order valence-electron chi connectivity index (χ0n) is 9.56. The maximum Gasteiger partial charge on any atom is 0.000504 e. The summed E-state index contributed by atoms with van der Waals surface area (Å²) < 4.78 is 0. The van der Waals surface area contributed by atoms with Crippen molar-refractivity contribution in [2.75, 3.05) is 0 Å². The zero-order chi connectivity index (χ0) is 10.8. The van der Waals surface area contributed by atoms with E-state index >= 15 is 0 Å². The average molecular weight is 188 g/mol. The van der Waals surface area contributed by atoms with E-state index in [-0.39, 0.29) is 5.41 Å². The molecule has 0 heterocycles. The summed E-state index contributed by atoms with van der Waals surface area (Å²) in [5.41, 5.74) is 2.62. The molecule has 0 spiro atoms. The van der Waals surface area contributed by atoms with E-state index in [4.69, 9.17) is 6.42 Å². The lowest BCUT2D eigenvalue weighted by atomic mass is 9.73. The molecule has 1 atom stereocenters. The van der Waals surface area contributed by atoms with Crippen LogP contribution < -0.4 is 0 Å². The van der Waals surface area contributed by atoms with Crippen LogP contribution in [0, 0.1) is 23.7 Å². The number of allylic oxidation sites excluding steroid dienone is 3. The van der Waals surface area contributed by atoms with Crippen LogP contribution in [0.3, 0.4) is 0 Å². The molecular formula is C14H20. The minimum absolute atomic E-state index is 0.0967. The molecule has 1 aliphatic rings. The van der Waals surface area contributed by atoms with Crippen molar-refractivity contribution in [1.29, 1.82) is 0 Å². The highest BCUT2D eigenvalue weighted by molar-refractivity contribution is 5.30. The van der Waals surface area contributed by atoms with Crippen LogP contribution in [0.5, 0.6) is 0 Å². The summed E-state index contributed by atoms with van der Waals surface area (Å²) in [5, 5.41) is 0. The van der Waals surface area contributed by atoms with E-state index in [0.717, 1.165) is 5.57 Å². The van der Waals surface area contributed by atoms with E-state index < -0.39 is 0 Å². The molecule has 1 saturated carbocycles. The fourth-order valence-electron chi connectivity index (χ4n) is 2.19. The van der Waals surface area contributed by atoms with Gasteiger partial charge in [-0.2, -0.15) is 0 Å². The molecule has 1 rings (SSSR count). The van der Waals surface area contributed by atoms with E-state index in [9.17, 15) is 0 Å². The topological polar surface area (TPSA) is 0 Å². The largest absolute Gasteiger partial charge is 0.115 e. The monoisotopic (exact) mass is 188 g/mol. The third-order valence-electron chi connectivity index (χ3n) is 3.70. The number of hydrogen-bond donors (Lipinski definition) is 0. The second kappa shape index (κ2) is 4.05. The van der Waals surface area contributed by atoms with Crippen molar-refractivity contribution in [2.45, 2.75) is 40.0 Å². The SMILES string of the molecule is C#CC(=C)C(C)(C)[C@@H]1CCC(=CC)C1. The van der Waals surface area contributed by atoms with Gasteiger partial charge in [0.15, 0.2) is 0 Å². The molecule has 0 nitrogen and oxygen atoms in total.